The third-order valence-electron chi connectivity index (χ3n) is 3.13. The van der Waals surface area contributed by atoms with E-state index in [-0.39, 0.29) is 5.82 Å². The SMILES string of the molecule is CCCNc1cc(CC)nc(-c2ccc(F)cc2C)n1. The number of hydrogen-bond donors (Lipinski definition) is 1. The minimum Gasteiger partial charge on any atom is -0.370 e. The maximum atomic E-state index is 13.2. The van der Waals surface area contributed by atoms with Crippen LogP contribution in [0.15, 0.2) is 24.3 Å². The zero-order valence-corrected chi connectivity index (χ0v) is 12.2. The largest absolute Gasteiger partial charge is 0.370 e. The van der Waals surface area contributed by atoms with Gasteiger partial charge in [-0.15, -0.1) is 0 Å². The van der Waals surface area contributed by atoms with E-state index in [1.807, 2.05) is 13.0 Å². The van der Waals surface area contributed by atoms with Gasteiger partial charge in [0, 0.05) is 23.9 Å². The summed E-state index contributed by atoms with van der Waals surface area (Å²) in [6.07, 6.45) is 1.88. The van der Waals surface area contributed by atoms with Gasteiger partial charge < -0.3 is 5.32 Å². The zero-order chi connectivity index (χ0) is 14.5. The number of anilines is 1. The first-order chi connectivity index (χ1) is 9.63. The molecule has 0 saturated carbocycles. The minimum atomic E-state index is -0.234. The standard InChI is InChI=1S/C16H20FN3/c1-4-8-18-15-10-13(5-2)19-16(20-15)14-7-6-12(17)9-11(14)3/h6-7,9-10H,4-5,8H2,1-3H3,(H,18,19,20). The highest BCUT2D eigenvalue weighted by Gasteiger charge is 2.09. The van der Waals surface area contributed by atoms with Crippen molar-refractivity contribution in [2.45, 2.75) is 33.6 Å². The first kappa shape index (κ1) is 14.4. The monoisotopic (exact) mass is 273 g/mol. The predicted molar refractivity (Wildman–Crippen MR) is 80.3 cm³/mol. The summed E-state index contributed by atoms with van der Waals surface area (Å²) in [6, 6.07) is 6.67. The number of hydrogen-bond acceptors (Lipinski definition) is 3. The topological polar surface area (TPSA) is 37.8 Å². The summed E-state index contributed by atoms with van der Waals surface area (Å²) in [5, 5.41) is 3.28. The second kappa shape index (κ2) is 6.46. The van der Waals surface area contributed by atoms with Gasteiger partial charge in [-0.1, -0.05) is 13.8 Å². The van der Waals surface area contributed by atoms with E-state index in [2.05, 4.69) is 29.1 Å². The van der Waals surface area contributed by atoms with Gasteiger partial charge in [-0.05, 0) is 43.5 Å². The molecule has 3 nitrogen and oxygen atoms in total. The van der Waals surface area contributed by atoms with E-state index in [9.17, 15) is 4.39 Å². The molecule has 0 aliphatic carbocycles. The van der Waals surface area contributed by atoms with E-state index in [1.165, 1.54) is 12.1 Å². The smallest absolute Gasteiger partial charge is 0.162 e. The van der Waals surface area contributed by atoms with E-state index >= 15 is 0 Å². The van der Waals surface area contributed by atoms with Crippen LogP contribution < -0.4 is 5.32 Å². The maximum Gasteiger partial charge on any atom is 0.162 e. The lowest BCUT2D eigenvalue weighted by Gasteiger charge is -2.10. The Bertz CT molecular complexity index is 596. The fraction of sp³-hybridized carbons (Fsp3) is 0.375. The third kappa shape index (κ3) is 3.32. The van der Waals surface area contributed by atoms with E-state index in [4.69, 9.17) is 0 Å². The molecular weight excluding hydrogens is 253 g/mol. The zero-order valence-electron chi connectivity index (χ0n) is 12.2. The lowest BCUT2D eigenvalue weighted by molar-refractivity contribution is 0.627. The molecule has 0 radical (unpaired) electrons. The Morgan fingerprint density at radius 3 is 2.60 bits per heavy atom. The highest BCUT2D eigenvalue weighted by atomic mass is 19.1. The molecule has 4 heteroatoms. The van der Waals surface area contributed by atoms with Crippen LogP contribution in [0.3, 0.4) is 0 Å². The molecule has 0 fully saturated rings. The summed E-state index contributed by atoms with van der Waals surface area (Å²) in [5.74, 6) is 1.25. The van der Waals surface area contributed by atoms with Gasteiger partial charge in [0.05, 0.1) is 0 Å². The van der Waals surface area contributed by atoms with Crippen LogP contribution in [0.1, 0.15) is 31.5 Å². The van der Waals surface area contributed by atoms with Crippen LogP contribution in [0.4, 0.5) is 10.2 Å². The van der Waals surface area contributed by atoms with Crippen molar-refractivity contribution < 1.29 is 4.39 Å². The number of nitrogens with one attached hydrogen (secondary N) is 1. The van der Waals surface area contributed by atoms with Gasteiger partial charge >= 0.3 is 0 Å². The summed E-state index contributed by atoms with van der Waals surface area (Å²) < 4.78 is 13.2. The first-order valence-corrected chi connectivity index (χ1v) is 7.02. The molecule has 1 aromatic carbocycles. The Hall–Kier alpha value is -1.97. The van der Waals surface area contributed by atoms with Crippen molar-refractivity contribution in [3.63, 3.8) is 0 Å². The van der Waals surface area contributed by atoms with E-state index < -0.39 is 0 Å². The number of benzene rings is 1. The van der Waals surface area contributed by atoms with Crippen molar-refractivity contribution in [3.05, 3.63) is 41.3 Å². The predicted octanol–water partition coefficient (Wildman–Crippen LogP) is 3.98. The normalized spacial score (nSPS) is 10.6. The summed E-state index contributed by atoms with van der Waals surface area (Å²) in [6.45, 7) is 6.93. The highest BCUT2D eigenvalue weighted by molar-refractivity contribution is 5.61. The summed E-state index contributed by atoms with van der Waals surface area (Å²) in [7, 11) is 0. The minimum absolute atomic E-state index is 0.234. The number of rotatable bonds is 5. The number of nitrogens with zero attached hydrogens (tertiary/aromatic N) is 2. The molecular formula is C16H20FN3. The first-order valence-electron chi connectivity index (χ1n) is 7.02. The Morgan fingerprint density at radius 2 is 1.95 bits per heavy atom. The van der Waals surface area contributed by atoms with Crippen molar-refractivity contribution in [2.24, 2.45) is 0 Å². The molecule has 1 heterocycles. The molecule has 0 bridgehead atoms. The molecule has 1 N–H and O–H groups in total. The average Bonchev–Trinajstić information content (AvgIpc) is 2.44. The van der Waals surface area contributed by atoms with E-state index in [1.54, 1.807) is 6.07 Å². The van der Waals surface area contributed by atoms with Crippen molar-refractivity contribution >= 4 is 5.82 Å². The van der Waals surface area contributed by atoms with E-state index in [0.717, 1.165) is 42.0 Å². The summed E-state index contributed by atoms with van der Waals surface area (Å²) in [5.41, 5.74) is 2.71. The van der Waals surface area contributed by atoms with Gasteiger partial charge in [0.25, 0.3) is 0 Å². The molecule has 0 aliphatic heterocycles. The van der Waals surface area contributed by atoms with Crippen LogP contribution in [0, 0.1) is 12.7 Å². The Labute approximate surface area is 119 Å². The average molecular weight is 273 g/mol. The molecule has 0 saturated heterocycles. The van der Waals surface area contributed by atoms with Crippen LogP contribution in [-0.4, -0.2) is 16.5 Å². The second-order valence-corrected chi connectivity index (χ2v) is 4.81. The molecule has 0 aliphatic rings. The van der Waals surface area contributed by atoms with Gasteiger partial charge in [-0.25, -0.2) is 14.4 Å². The van der Waals surface area contributed by atoms with Crippen LogP contribution in [0.2, 0.25) is 0 Å². The number of aromatic nitrogens is 2. The van der Waals surface area contributed by atoms with Gasteiger partial charge in [-0.3, -0.25) is 0 Å². The van der Waals surface area contributed by atoms with Gasteiger partial charge in [0.2, 0.25) is 0 Å². The second-order valence-electron chi connectivity index (χ2n) is 4.81. The molecule has 106 valence electrons. The van der Waals surface area contributed by atoms with Crippen LogP contribution >= 0.6 is 0 Å². The summed E-state index contributed by atoms with van der Waals surface area (Å²) in [4.78, 5) is 9.08. The number of aryl methyl sites for hydroxylation is 2. The molecule has 1 aromatic heterocycles. The lowest BCUT2D eigenvalue weighted by Crippen LogP contribution is -2.05. The van der Waals surface area contributed by atoms with Crippen molar-refractivity contribution in [1.82, 2.24) is 9.97 Å². The molecule has 0 amide bonds. The molecule has 0 spiro atoms. The van der Waals surface area contributed by atoms with E-state index in [0.29, 0.717) is 5.82 Å². The quantitative estimate of drug-likeness (QED) is 0.895. The van der Waals surface area contributed by atoms with Crippen LogP contribution in [0.25, 0.3) is 11.4 Å². The van der Waals surface area contributed by atoms with Crippen LogP contribution in [-0.2, 0) is 6.42 Å². The van der Waals surface area contributed by atoms with Crippen molar-refractivity contribution in [2.75, 3.05) is 11.9 Å². The van der Waals surface area contributed by atoms with Gasteiger partial charge in [-0.2, -0.15) is 0 Å². The molecule has 2 aromatic rings. The Balaban J connectivity index is 2.44. The third-order valence-corrected chi connectivity index (χ3v) is 3.13. The van der Waals surface area contributed by atoms with Crippen molar-refractivity contribution in [1.29, 1.82) is 0 Å². The fourth-order valence-corrected chi connectivity index (χ4v) is 2.02. The molecule has 0 unspecified atom stereocenters. The van der Waals surface area contributed by atoms with Crippen molar-refractivity contribution in [3.8, 4) is 11.4 Å². The fourth-order valence-electron chi connectivity index (χ4n) is 2.02. The maximum absolute atomic E-state index is 13.2. The molecule has 20 heavy (non-hydrogen) atoms. The van der Waals surface area contributed by atoms with Gasteiger partial charge in [0.1, 0.15) is 11.6 Å². The molecule has 0 atom stereocenters. The molecule has 2 rings (SSSR count). The lowest BCUT2D eigenvalue weighted by atomic mass is 10.1. The van der Waals surface area contributed by atoms with Crippen LogP contribution in [0.5, 0.6) is 0 Å². The van der Waals surface area contributed by atoms with Gasteiger partial charge in [0.15, 0.2) is 5.82 Å². The Kier molecular flexibility index (Phi) is 4.66. The summed E-state index contributed by atoms with van der Waals surface area (Å²) >= 11 is 0. The highest BCUT2D eigenvalue weighted by Crippen LogP contribution is 2.22. The number of halogens is 1. The Morgan fingerprint density at radius 1 is 1.15 bits per heavy atom.